The van der Waals surface area contributed by atoms with Gasteiger partial charge in [0.05, 0.1) is 4.88 Å². The molecule has 0 saturated heterocycles. The van der Waals surface area contributed by atoms with Crippen LogP contribution >= 0.6 is 11.3 Å². The maximum absolute atomic E-state index is 12.6. The molecule has 0 bridgehead atoms. The summed E-state index contributed by atoms with van der Waals surface area (Å²) in [6.45, 7) is 1.63. The number of carboxylic acid groups (broad SMARTS) is 1. The highest BCUT2D eigenvalue weighted by Gasteiger charge is 2.23. The van der Waals surface area contributed by atoms with Gasteiger partial charge < -0.3 is 5.11 Å². The Morgan fingerprint density at radius 1 is 1.20 bits per heavy atom. The second kappa shape index (κ2) is 6.34. The van der Waals surface area contributed by atoms with Gasteiger partial charge in [-0.2, -0.15) is 0 Å². The van der Waals surface area contributed by atoms with E-state index in [4.69, 9.17) is 5.11 Å². The van der Waals surface area contributed by atoms with E-state index >= 15 is 0 Å². The first-order valence-electron chi connectivity index (χ1n) is 6.28. The van der Waals surface area contributed by atoms with E-state index < -0.39 is 5.97 Å². The van der Waals surface area contributed by atoms with Crippen molar-refractivity contribution in [1.82, 2.24) is 0 Å². The summed E-state index contributed by atoms with van der Waals surface area (Å²) in [4.78, 5) is 25.5. The van der Waals surface area contributed by atoms with Gasteiger partial charge in [-0.3, -0.25) is 14.5 Å². The zero-order valence-electron chi connectivity index (χ0n) is 11.1. The van der Waals surface area contributed by atoms with E-state index in [9.17, 15) is 9.59 Å². The Balaban J connectivity index is 2.37. The number of thiophene rings is 1. The number of benzene rings is 1. The molecule has 1 aromatic heterocycles. The van der Waals surface area contributed by atoms with E-state index in [0.717, 1.165) is 12.0 Å². The van der Waals surface area contributed by atoms with Crippen molar-refractivity contribution >= 4 is 28.9 Å². The predicted molar refractivity (Wildman–Crippen MR) is 79.5 cm³/mol. The average Bonchev–Trinajstić information content (AvgIpc) is 2.93. The second-order valence-electron chi connectivity index (χ2n) is 4.25. The molecular formula is C15H15NO3S. The minimum atomic E-state index is -1.03. The van der Waals surface area contributed by atoms with Crippen LogP contribution in [0.5, 0.6) is 0 Å². The molecule has 0 aliphatic rings. The van der Waals surface area contributed by atoms with Crippen LogP contribution in [0.25, 0.3) is 0 Å². The molecule has 0 spiro atoms. The van der Waals surface area contributed by atoms with Crippen molar-refractivity contribution < 1.29 is 14.7 Å². The van der Waals surface area contributed by atoms with Gasteiger partial charge in [0.1, 0.15) is 6.54 Å². The SMILES string of the molecule is CCc1ccsc1C(=O)N(CC(=O)O)c1ccccc1. The summed E-state index contributed by atoms with van der Waals surface area (Å²) in [5.41, 5.74) is 1.54. The van der Waals surface area contributed by atoms with Gasteiger partial charge in [0.15, 0.2) is 0 Å². The van der Waals surface area contributed by atoms with Crippen LogP contribution in [0.3, 0.4) is 0 Å². The first-order valence-corrected chi connectivity index (χ1v) is 7.16. The average molecular weight is 289 g/mol. The third-order valence-electron chi connectivity index (χ3n) is 2.93. The summed E-state index contributed by atoms with van der Waals surface area (Å²) in [5.74, 6) is -1.29. The second-order valence-corrected chi connectivity index (χ2v) is 5.17. The number of carbonyl (C=O) groups excluding carboxylic acids is 1. The Labute approximate surface area is 121 Å². The highest BCUT2D eigenvalue weighted by molar-refractivity contribution is 7.12. The Kier molecular flexibility index (Phi) is 4.53. The van der Waals surface area contributed by atoms with Crippen molar-refractivity contribution in [1.29, 1.82) is 0 Å². The lowest BCUT2D eigenvalue weighted by Crippen LogP contribution is -2.35. The van der Waals surface area contributed by atoms with E-state index in [1.807, 2.05) is 24.4 Å². The molecule has 5 heteroatoms. The third-order valence-corrected chi connectivity index (χ3v) is 3.87. The van der Waals surface area contributed by atoms with Gasteiger partial charge in [0, 0.05) is 5.69 Å². The van der Waals surface area contributed by atoms with Crippen molar-refractivity contribution in [3.05, 3.63) is 52.2 Å². The Morgan fingerprint density at radius 2 is 1.90 bits per heavy atom. The van der Waals surface area contributed by atoms with Crippen molar-refractivity contribution in [2.75, 3.05) is 11.4 Å². The summed E-state index contributed by atoms with van der Waals surface area (Å²) >= 11 is 1.35. The van der Waals surface area contributed by atoms with Crippen molar-refractivity contribution in [2.45, 2.75) is 13.3 Å². The molecule has 0 unspecified atom stereocenters. The predicted octanol–water partition coefficient (Wildman–Crippen LogP) is 3.04. The molecule has 0 radical (unpaired) electrons. The van der Waals surface area contributed by atoms with Crippen LogP contribution < -0.4 is 4.90 Å². The molecule has 1 heterocycles. The van der Waals surface area contributed by atoms with E-state index in [0.29, 0.717) is 10.6 Å². The standard InChI is InChI=1S/C15H15NO3S/c1-2-11-8-9-20-14(11)15(19)16(10-13(17)18)12-6-4-3-5-7-12/h3-9H,2,10H2,1H3,(H,17,18). The van der Waals surface area contributed by atoms with E-state index in [2.05, 4.69) is 0 Å². The Hall–Kier alpha value is -2.14. The minimum Gasteiger partial charge on any atom is -0.480 e. The molecule has 0 atom stereocenters. The monoisotopic (exact) mass is 289 g/mol. The molecule has 2 rings (SSSR count). The molecular weight excluding hydrogens is 274 g/mol. The zero-order chi connectivity index (χ0) is 14.5. The highest BCUT2D eigenvalue weighted by atomic mass is 32.1. The van der Waals surface area contributed by atoms with E-state index in [1.165, 1.54) is 16.2 Å². The number of para-hydroxylation sites is 1. The molecule has 1 N–H and O–H groups in total. The van der Waals surface area contributed by atoms with Gasteiger partial charge in [0.25, 0.3) is 5.91 Å². The number of aryl methyl sites for hydroxylation is 1. The number of carbonyl (C=O) groups is 2. The molecule has 0 saturated carbocycles. The summed E-state index contributed by atoms with van der Waals surface area (Å²) in [7, 11) is 0. The van der Waals surface area contributed by atoms with Crippen LogP contribution in [-0.2, 0) is 11.2 Å². The molecule has 0 aliphatic carbocycles. The first kappa shape index (κ1) is 14.3. The quantitative estimate of drug-likeness (QED) is 0.920. The summed E-state index contributed by atoms with van der Waals surface area (Å²) < 4.78 is 0. The van der Waals surface area contributed by atoms with Crippen LogP contribution in [0.15, 0.2) is 41.8 Å². The van der Waals surface area contributed by atoms with Gasteiger partial charge >= 0.3 is 5.97 Å². The zero-order valence-corrected chi connectivity index (χ0v) is 11.9. The summed E-state index contributed by atoms with van der Waals surface area (Å²) in [5, 5.41) is 10.9. The maximum Gasteiger partial charge on any atom is 0.323 e. The Morgan fingerprint density at radius 3 is 2.50 bits per heavy atom. The van der Waals surface area contributed by atoms with Crippen molar-refractivity contribution in [3.63, 3.8) is 0 Å². The van der Waals surface area contributed by atoms with Crippen molar-refractivity contribution in [2.24, 2.45) is 0 Å². The normalized spacial score (nSPS) is 10.2. The molecule has 1 aromatic carbocycles. The van der Waals surface area contributed by atoms with Gasteiger partial charge in [-0.25, -0.2) is 0 Å². The summed E-state index contributed by atoms with van der Waals surface area (Å²) in [6, 6.07) is 10.8. The van der Waals surface area contributed by atoms with Gasteiger partial charge in [-0.05, 0) is 35.6 Å². The lowest BCUT2D eigenvalue weighted by atomic mass is 10.2. The molecule has 1 amide bonds. The molecule has 2 aromatic rings. The fraction of sp³-hybridized carbons (Fsp3) is 0.200. The largest absolute Gasteiger partial charge is 0.480 e. The summed E-state index contributed by atoms with van der Waals surface area (Å²) in [6.07, 6.45) is 0.750. The molecule has 104 valence electrons. The minimum absolute atomic E-state index is 0.259. The molecule has 0 aliphatic heterocycles. The topological polar surface area (TPSA) is 57.6 Å². The number of hydrogen-bond donors (Lipinski definition) is 1. The lowest BCUT2D eigenvalue weighted by Gasteiger charge is -2.20. The maximum atomic E-state index is 12.6. The van der Waals surface area contributed by atoms with Gasteiger partial charge in [-0.15, -0.1) is 11.3 Å². The molecule has 0 fully saturated rings. The van der Waals surface area contributed by atoms with Gasteiger partial charge in [0.2, 0.25) is 0 Å². The Bertz CT molecular complexity index is 607. The smallest absolute Gasteiger partial charge is 0.323 e. The number of carboxylic acids is 1. The van der Waals surface area contributed by atoms with Crippen LogP contribution in [-0.4, -0.2) is 23.5 Å². The fourth-order valence-corrected chi connectivity index (χ4v) is 2.89. The van der Waals surface area contributed by atoms with Crippen LogP contribution in [0.1, 0.15) is 22.2 Å². The number of anilines is 1. The van der Waals surface area contributed by atoms with Crippen LogP contribution in [0.2, 0.25) is 0 Å². The fourth-order valence-electron chi connectivity index (χ4n) is 1.95. The van der Waals surface area contributed by atoms with Crippen molar-refractivity contribution in [3.8, 4) is 0 Å². The van der Waals surface area contributed by atoms with Crippen LogP contribution in [0.4, 0.5) is 5.69 Å². The number of rotatable bonds is 5. The first-order chi connectivity index (χ1) is 9.63. The van der Waals surface area contributed by atoms with Crippen LogP contribution in [0, 0.1) is 0 Å². The van der Waals surface area contributed by atoms with E-state index in [1.54, 1.807) is 24.3 Å². The number of hydrogen-bond acceptors (Lipinski definition) is 3. The highest BCUT2D eigenvalue weighted by Crippen LogP contribution is 2.23. The molecule has 4 nitrogen and oxygen atoms in total. The number of nitrogens with zero attached hydrogens (tertiary/aromatic N) is 1. The molecule has 20 heavy (non-hydrogen) atoms. The van der Waals surface area contributed by atoms with Gasteiger partial charge in [-0.1, -0.05) is 25.1 Å². The van der Waals surface area contributed by atoms with E-state index in [-0.39, 0.29) is 12.5 Å². The number of aliphatic carboxylic acids is 1. The lowest BCUT2D eigenvalue weighted by molar-refractivity contribution is -0.135. The third kappa shape index (κ3) is 3.05. The number of amides is 1.